The zero-order valence-corrected chi connectivity index (χ0v) is 11.0. The summed E-state index contributed by atoms with van der Waals surface area (Å²) in [6.07, 6.45) is 0.799. The van der Waals surface area contributed by atoms with Crippen LogP contribution >= 0.6 is 11.6 Å². The minimum Gasteiger partial charge on any atom is -0.348 e. The Bertz CT molecular complexity index is 540. The van der Waals surface area contributed by atoms with Crippen LogP contribution in [-0.4, -0.2) is 16.9 Å². The van der Waals surface area contributed by atoms with Crippen molar-refractivity contribution in [3.63, 3.8) is 0 Å². The number of amides is 1. The summed E-state index contributed by atoms with van der Waals surface area (Å²) < 4.78 is 0. The molecule has 0 aliphatic carbocycles. The molecule has 1 rings (SSSR count). The average Bonchev–Trinajstić information content (AvgIpc) is 2.38. The van der Waals surface area contributed by atoms with E-state index in [0.717, 1.165) is 6.07 Å². The number of nitrogens with zero attached hydrogens (tertiary/aromatic N) is 2. The van der Waals surface area contributed by atoms with E-state index < -0.39 is 10.8 Å². The van der Waals surface area contributed by atoms with Crippen LogP contribution in [-0.2, 0) is 0 Å². The number of nitro benzene ring substituents is 1. The normalized spacial score (nSPS) is 11.4. The number of hydrogen-bond acceptors (Lipinski definition) is 4. The molecular weight excluding hydrogens is 270 g/mol. The van der Waals surface area contributed by atoms with Gasteiger partial charge in [0.25, 0.3) is 11.6 Å². The Morgan fingerprint density at radius 1 is 1.63 bits per heavy atom. The molecule has 1 atom stereocenters. The number of carbonyl (C=O) groups excluding carboxylic acids is 1. The van der Waals surface area contributed by atoms with E-state index in [4.69, 9.17) is 16.9 Å². The third kappa shape index (κ3) is 3.93. The lowest BCUT2D eigenvalue weighted by Gasteiger charge is -2.13. The molecule has 0 bridgehead atoms. The topological polar surface area (TPSA) is 96.0 Å². The Morgan fingerprint density at radius 3 is 2.84 bits per heavy atom. The molecule has 19 heavy (non-hydrogen) atoms. The Hall–Kier alpha value is -2.13. The highest BCUT2D eigenvalue weighted by molar-refractivity contribution is 6.32. The molecule has 0 saturated heterocycles. The first-order valence-electron chi connectivity index (χ1n) is 5.61. The van der Waals surface area contributed by atoms with Gasteiger partial charge in [0, 0.05) is 17.7 Å². The summed E-state index contributed by atoms with van der Waals surface area (Å²) in [6.45, 7) is 1.84. The molecule has 0 fully saturated rings. The lowest BCUT2D eigenvalue weighted by molar-refractivity contribution is -0.384. The fraction of sp³-hybridized carbons (Fsp3) is 0.333. The number of hydrogen-bond donors (Lipinski definition) is 1. The van der Waals surface area contributed by atoms with Gasteiger partial charge in [-0.3, -0.25) is 14.9 Å². The van der Waals surface area contributed by atoms with Crippen LogP contribution in [0.1, 0.15) is 30.1 Å². The van der Waals surface area contributed by atoms with E-state index in [1.807, 2.05) is 13.0 Å². The van der Waals surface area contributed by atoms with Crippen LogP contribution in [0, 0.1) is 21.4 Å². The van der Waals surface area contributed by atoms with Crippen molar-refractivity contribution in [1.29, 1.82) is 5.26 Å². The summed E-state index contributed by atoms with van der Waals surface area (Å²) >= 11 is 5.66. The fourth-order valence-corrected chi connectivity index (χ4v) is 1.66. The number of carbonyl (C=O) groups is 1. The maximum absolute atomic E-state index is 11.9. The third-order valence-corrected chi connectivity index (χ3v) is 2.89. The minimum atomic E-state index is -0.647. The highest BCUT2D eigenvalue weighted by Gasteiger charge is 2.17. The molecular formula is C12H12ClN3O3. The molecule has 0 heterocycles. The molecule has 1 unspecified atom stereocenters. The molecule has 1 N–H and O–H groups in total. The van der Waals surface area contributed by atoms with Crippen molar-refractivity contribution in [2.45, 2.75) is 25.8 Å². The van der Waals surface area contributed by atoms with Gasteiger partial charge in [0.1, 0.15) is 5.02 Å². The van der Waals surface area contributed by atoms with Crippen molar-refractivity contribution in [3.05, 3.63) is 38.9 Å². The summed E-state index contributed by atoms with van der Waals surface area (Å²) in [7, 11) is 0. The second-order valence-corrected chi connectivity index (χ2v) is 4.27. The summed E-state index contributed by atoms with van der Waals surface area (Å²) in [5.74, 6) is -0.457. The number of rotatable bonds is 5. The quantitative estimate of drug-likeness (QED) is 0.663. The van der Waals surface area contributed by atoms with Crippen molar-refractivity contribution in [2.75, 3.05) is 0 Å². The van der Waals surface area contributed by atoms with Gasteiger partial charge in [0.05, 0.1) is 17.4 Å². The van der Waals surface area contributed by atoms with Gasteiger partial charge in [0.15, 0.2) is 0 Å². The number of halogens is 1. The molecule has 100 valence electrons. The molecule has 6 nitrogen and oxygen atoms in total. The van der Waals surface area contributed by atoms with Gasteiger partial charge >= 0.3 is 0 Å². The van der Waals surface area contributed by atoms with E-state index in [1.165, 1.54) is 12.1 Å². The van der Waals surface area contributed by atoms with E-state index in [2.05, 4.69) is 5.32 Å². The van der Waals surface area contributed by atoms with Gasteiger partial charge in [-0.05, 0) is 18.6 Å². The minimum absolute atomic E-state index is 0.0226. The summed E-state index contributed by atoms with van der Waals surface area (Å²) in [4.78, 5) is 22.0. The molecule has 0 saturated carbocycles. The summed E-state index contributed by atoms with van der Waals surface area (Å²) in [6, 6.07) is 5.53. The number of nitrogens with one attached hydrogen (secondary N) is 1. The van der Waals surface area contributed by atoms with E-state index >= 15 is 0 Å². The van der Waals surface area contributed by atoms with Gasteiger partial charge in [0.2, 0.25) is 0 Å². The molecule has 1 aromatic carbocycles. The zero-order chi connectivity index (χ0) is 14.4. The second-order valence-electron chi connectivity index (χ2n) is 3.86. The summed E-state index contributed by atoms with van der Waals surface area (Å²) in [5.41, 5.74) is -0.171. The maximum Gasteiger partial charge on any atom is 0.288 e. The Labute approximate surface area is 115 Å². The predicted molar refractivity (Wildman–Crippen MR) is 69.9 cm³/mol. The Kier molecular flexibility index (Phi) is 5.27. The number of nitriles is 1. The molecule has 0 aromatic heterocycles. The smallest absolute Gasteiger partial charge is 0.288 e. The standard InChI is InChI=1S/C12H12ClN3O3/c1-2-9(5-6-14)15-12(17)8-3-4-10(13)11(7-8)16(18)19/h3-4,7,9H,2,5H2,1H3,(H,15,17). The van der Waals surface area contributed by atoms with Crippen LogP contribution in [0.25, 0.3) is 0 Å². The molecule has 0 aliphatic rings. The van der Waals surface area contributed by atoms with Crippen LogP contribution in [0.5, 0.6) is 0 Å². The van der Waals surface area contributed by atoms with Crippen molar-refractivity contribution in [1.82, 2.24) is 5.32 Å². The van der Waals surface area contributed by atoms with Crippen molar-refractivity contribution in [2.24, 2.45) is 0 Å². The van der Waals surface area contributed by atoms with Crippen molar-refractivity contribution in [3.8, 4) is 6.07 Å². The maximum atomic E-state index is 11.9. The molecule has 1 aromatic rings. The first-order valence-corrected chi connectivity index (χ1v) is 5.99. The average molecular weight is 282 g/mol. The number of nitro groups is 1. The van der Waals surface area contributed by atoms with Crippen LogP contribution < -0.4 is 5.32 Å². The van der Waals surface area contributed by atoms with E-state index in [0.29, 0.717) is 6.42 Å². The predicted octanol–water partition coefficient (Wildman–Crippen LogP) is 2.67. The largest absolute Gasteiger partial charge is 0.348 e. The van der Waals surface area contributed by atoms with E-state index in [9.17, 15) is 14.9 Å². The monoisotopic (exact) mass is 281 g/mol. The second kappa shape index (κ2) is 6.71. The molecule has 7 heteroatoms. The lowest BCUT2D eigenvalue weighted by atomic mass is 10.1. The lowest BCUT2D eigenvalue weighted by Crippen LogP contribution is -2.34. The third-order valence-electron chi connectivity index (χ3n) is 2.57. The van der Waals surface area contributed by atoms with Crippen molar-refractivity contribution >= 4 is 23.2 Å². The number of benzene rings is 1. The fourth-order valence-electron chi connectivity index (χ4n) is 1.47. The molecule has 0 radical (unpaired) electrons. The van der Waals surface area contributed by atoms with E-state index in [-0.39, 0.29) is 28.7 Å². The summed E-state index contributed by atoms with van der Waals surface area (Å²) in [5, 5.41) is 21.9. The van der Waals surface area contributed by atoms with Crippen LogP contribution in [0.15, 0.2) is 18.2 Å². The van der Waals surface area contributed by atoms with Crippen molar-refractivity contribution < 1.29 is 9.72 Å². The van der Waals surface area contributed by atoms with Crippen LogP contribution in [0.2, 0.25) is 5.02 Å². The Morgan fingerprint density at radius 2 is 2.32 bits per heavy atom. The highest BCUT2D eigenvalue weighted by Crippen LogP contribution is 2.25. The zero-order valence-electron chi connectivity index (χ0n) is 10.2. The first-order chi connectivity index (χ1) is 8.99. The van der Waals surface area contributed by atoms with Crippen LogP contribution in [0.4, 0.5) is 5.69 Å². The van der Waals surface area contributed by atoms with Crippen LogP contribution in [0.3, 0.4) is 0 Å². The molecule has 0 spiro atoms. The highest BCUT2D eigenvalue weighted by atomic mass is 35.5. The van der Waals surface area contributed by atoms with Gasteiger partial charge < -0.3 is 5.32 Å². The molecule has 1 amide bonds. The van der Waals surface area contributed by atoms with Gasteiger partial charge in [-0.2, -0.15) is 5.26 Å². The van der Waals surface area contributed by atoms with E-state index in [1.54, 1.807) is 0 Å². The van der Waals surface area contributed by atoms with Gasteiger partial charge in [-0.15, -0.1) is 0 Å². The Balaban J connectivity index is 2.92. The van der Waals surface area contributed by atoms with Gasteiger partial charge in [-0.25, -0.2) is 0 Å². The van der Waals surface area contributed by atoms with Gasteiger partial charge in [-0.1, -0.05) is 18.5 Å². The SMILES string of the molecule is CCC(CC#N)NC(=O)c1ccc(Cl)c([N+](=O)[O-])c1. The first kappa shape index (κ1) is 14.9. The molecule has 0 aliphatic heterocycles.